The Morgan fingerprint density at radius 3 is 2.31 bits per heavy atom. The predicted molar refractivity (Wildman–Crippen MR) is 134 cm³/mol. The van der Waals surface area contributed by atoms with Gasteiger partial charge in [-0.2, -0.15) is 4.31 Å². The second-order valence-corrected chi connectivity index (χ2v) is 10.8. The van der Waals surface area contributed by atoms with Crippen LogP contribution in [0.1, 0.15) is 6.92 Å². The van der Waals surface area contributed by atoms with Crippen molar-refractivity contribution in [2.75, 3.05) is 49.5 Å². The highest BCUT2D eigenvalue weighted by Crippen LogP contribution is 2.29. The second kappa shape index (κ2) is 9.27. The molecule has 0 spiro atoms. The van der Waals surface area contributed by atoms with Gasteiger partial charge in [-0.05, 0) is 36.4 Å². The van der Waals surface area contributed by atoms with E-state index in [4.69, 9.17) is 0 Å². The Morgan fingerprint density at radius 2 is 1.63 bits per heavy atom. The summed E-state index contributed by atoms with van der Waals surface area (Å²) >= 11 is 0. The minimum atomic E-state index is -3.67. The van der Waals surface area contributed by atoms with E-state index in [1.54, 1.807) is 12.1 Å². The summed E-state index contributed by atoms with van der Waals surface area (Å²) < 4.78 is 27.1. The first-order valence-electron chi connectivity index (χ1n) is 11.6. The number of aromatic nitrogens is 1. The molecular formula is C25H27N5O4S. The van der Waals surface area contributed by atoms with E-state index in [1.807, 2.05) is 35.4 Å². The number of fused-ring (bicyclic) bond motifs is 1. The van der Waals surface area contributed by atoms with Crippen LogP contribution in [0.15, 0.2) is 65.7 Å². The fourth-order valence-electron chi connectivity index (χ4n) is 4.64. The van der Waals surface area contributed by atoms with E-state index in [2.05, 4.69) is 21.3 Å². The van der Waals surface area contributed by atoms with Gasteiger partial charge in [-0.15, -0.1) is 0 Å². The number of piperazine rings is 1. The lowest BCUT2D eigenvalue weighted by Gasteiger charge is -2.42. The highest BCUT2D eigenvalue weighted by molar-refractivity contribution is 7.89. The molecule has 0 aliphatic carbocycles. The zero-order valence-corrected chi connectivity index (χ0v) is 20.2. The third-order valence-corrected chi connectivity index (χ3v) is 8.41. The van der Waals surface area contributed by atoms with Gasteiger partial charge in [0.1, 0.15) is 0 Å². The fraction of sp³-hybridized carbons (Fsp3) is 0.320. The molecule has 0 radical (unpaired) electrons. The molecule has 1 N–H and O–H groups in total. The maximum absolute atomic E-state index is 13.0. The van der Waals surface area contributed by atoms with Crippen LogP contribution in [-0.4, -0.2) is 73.7 Å². The first kappa shape index (κ1) is 23.3. The van der Waals surface area contributed by atoms with Gasteiger partial charge in [-0.3, -0.25) is 14.6 Å². The van der Waals surface area contributed by atoms with Gasteiger partial charge in [-0.1, -0.05) is 18.2 Å². The van der Waals surface area contributed by atoms with E-state index >= 15 is 0 Å². The normalized spacial score (nSPS) is 17.3. The first-order valence-corrected chi connectivity index (χ1v) is 13.0. The van der Waals surface area contributed by atoms with Gasteiger partial charge in [0.15, 0.2) is 0 Å². The molecule has 1 aromatic heterocycles. The van der Waals surface area contributed by atoms with Gasteiger partial charge in [0.2, 0.25) is 21.8 Å². The van der Waals surface area contributed by atoms with Gasteiger partial charge in [-0.25, -0.2) is 8.42 Å². The highest BCUT2D eigenvalue weighted by atomic mass is 32.2. The minimum Gasteiger partial charge on any atom is -0.367 e. The van der Waals surface area contributed by atoms with Crippen molar-refractivity contribution in [1.82, 2.24) is 14.2 Å². The summed E-state index contributed by atoms with van der Waals surface area (Å²) in [7, 11) is -3.67. The number of amides is 2. The minimum absolute atomic E-state index is 0.0108. The Balaban J connectivity index is 1.17. The number of anilines is 2. The summed E-state index contributed by atoms with van der Waals surface area (Å²) in [5.41, 5.74) is 2.60. The Bertz CT molecular complexity index is 1360. The van der Waals surface area contributed by atoms with Crippen molar-refractivity contribution in [3.8, 4) is 0 Å². The lowest BCUT2D eigenvalue weighted by molar-refractivity contribution is -0.139. The van der Waals surface area contributed by atoms with Crippen molar-refractivity contribution in [2.24, 2.45) is 5.92 Å². The smallest absolute Gasteiger partial charge is 0.243 e. The van der Waals surface area contributed by atoms with E-state index < -0.39 is 10.0 Å². The summed E-state index contributed by atoms with van der Waals surface area (Å²) in [6.07, 6.45) is 1.81. The molecule has 0 unspecified atom stereocenters. The number of pyridine rings is 1. The van der Waals surface area contributed by atoms with Crippen LogP contribution < -0.4 is 10.2 Å². The molecule has 2 saturated heterocycles. The molecule has 182 valence electrons. The third-order valence-electron chi connectivity index (χ3n) is 6.57. The largest absolute Gasteiger partial charge is 0.367 e. The number of benzene rings is 2. The first-order chi connectivity index (χ1) is 16.8. The van der Waals surface area contributed by atoms with Crippen molar-refractivity contribution >= 4 is 44.1 Å². The molecule has 2 amide bonds. The molecular weight excluding hydrogens is 466 g/mol. The van der Waals surface area contributed by atoms with Crippen molar-refractivity contribution in [3.63, 3.8) is 0 Å². The van der Waals surface area contributed by atoms with E-state index in [1.165, 1.54) is 23.4 Å². The monoisotopic (exact) mass is 493 g/mol. The van der Waals surface area contributed by atoms with Gasteiger partial charge in [0.05, 0.1) is 16.3 Å². The molecule has 2 aliphatic rings. The summed E-state index contributed by atoms with van der Waals surface area (Å²) in [6, 6.07) is 16.1. The van der Waals surface area contributed by atoms with Crippen LogP contribution >= 0.6 is 0 Å². The maximum atomic E-state index is 13.0. The molecule has 5 rings (SSSR count). The van der Waals surface area contributed by atoms with E-state index in [0.29, 0.717) is 18.8 Å². The number of para-hydroxylation sites is 1. The van der Waals surface area contributed by atoms with Crippen LogP contribution in [-0.2, 0) is 19.6 Å². The van der Waals surface area contributed by atoms with Crippen molar-refractivity contribution in [2.45, 2.75) is 11.8 Å². The van der Waals surface area contributed by atoms with E-state index in [9.17, 15) is 18.0 Å². The number of hydrogen-bond acceptors (Lipinski definition) is 6. The molecule has 2 fully saturated rings. The highest BCUT2D eigenvalue weighted by Gasteiger charge is 2.42. The van der Waals surface area contributed by atoms with Crippen LogP contribution in [0, 0.1) is 5.92 Å². The summed E-state index contributed by atoms with van der Waals surface area (Å²) in [5, 5.41) is 3.71. The summed E-state index contributed by atoms with van der Waals surface area (Å²) in [4.78, 5) is 32.9. The number of nitrogens with zero attached hydrogens (tertiary/aromatic N) is 4. The predicted octanol–water partition coefficient (Wildman–Crippen LogP) is 2.16. The fourth-order valence-corrected chi connectivity index (χ4v) is 6.17. The quantitative estimate of drug-likeness (QED) is 0.584. The number of carbonyl (C=O) groups is 2. The van der Waals surface area contributed by atoms with Gasteiger partial charge in [0.25, 0.3) is 0 Å². The van der Waals surface area contributed by atoms with Crippen molar-refractivity contribution < 1.29 is 18.0 Å². The van der Waals surface area contributed by atoms with Crippen LogP contribution in [0.25, 0.3) is 10.9 Å². The maximum Gasteiger partial charge on any atom is 0.243 e. The number of rotatable bonds is 5. The Labute approximate surface area is 204 Å². The molecule has 0 saturated carbocycles. The molecule has 0 bridgehead atoms. The van der Waals surface area contributed by atoms with Crippen LogP contribution in [0.2, 0.25) is 0 Å². The Morgan fingerprint density at radius 1 is 0.943 bits per heavy atom. The molecule has 35 heavy (non-hydrogen) atoms. The van der Waals surface area contributed by atoms with Crippen LogP contribution in [0.5, 0.6) is 0 Å². The van der Waals surface area contributed by atoms with Crippen molar-refractivity contribution in [1.29, 1.82) is 0 Å². The zero-order valence-electron chi connectivity index (χ0n) is 19.4. The third kappa shape index (κ3) is 4.59. The molecule has 3 heterocycles. The van der Waals surface area contributed by atoms with E-state index in [-0.39, 0.29) is 35.7 Å². The SMILES string of the molecule is CC(=O)Nc1ccc(S(=O)(=O)N2CC(C(=O)N3CCN(c4ccnc5ccccc45)CC3)C2)cc1. The topological polar surface area (TPSA) is 103 Å². The van der Waals surface area contributed by atoms with Crippen LogP contribution in [0.3, 0.4) is 0 Å². The zero-order chi connectivity index (χ0) is 24.6. The average Bonchev–Trinajstić information content (AvgIpc) is 2.82. The van der Waals surface area contributed by atoms with Gasteiger partial charge < -0.3 is 15.1 Å². The molecule has 9 nitrogen and oxygen atoms in total. The second-order valence-electron chi connectivity index (χ2n) is 8.88. The van der Waals surface area contributed by atoms with E-state index in [0.717, 1.165) is 29.7 Å². The lowest BCUT2D eigenvalue weighted by Crippen LogP contribution is -2.59. The molecule has 0 atom stereocenters. The van der Waals surface area contributed by atoms with Gasteiger partial charge in [0, 0.05) is 69.2 Å². The Hall–Kier alpha value is -3.50. The molecule has 2 aromatic carbocycles. The lowest BCUT2D eigenvalue weighted by atomic mass is 10.0. The van der Waals surface area contributed by atoms with Crippen molar-refractivity contribution in [3.05, 3.63) is 60.8 Å². The van der Waals surface area contributed by atoms with Gasteiger partial charge >= 0.3 is 0 Å². The number of nitrogens with one attached hydrogen (secondary N) is 1. The van der Waals surface area contributed by atoms with Crippen LogP contribution in [0.4, 0.5) is 11.4 Å². The molecule has 3 aromatic rings. The number of sulfonamides is 1. The molecule has 2 aliphatic heterocycles. The number of carbonyl (C=O) groups excluding carboxylic acids is 2. The standard InChI is InChI=1S/C25H27N5O4S/c1-18(31)27-20-6-8-21(9-7-20)35(33,34)30-16-19(17-30)25(32)29-14-12-28(13-15-29)24-10-11-26-23-5-3-2-4-22(23)24/h2-11,19H,12-17H2,1H3,(H,27,31). The average molecular weight is 494 g/mol. The Kier molecular flexibility index (Phi) is 6.16. The summed E-state index contributed by atoms with van der Waals surface area (Å²) in [5.74, 6) is -0.534. The summed E-state index contributed by atoms with van der Waals surface area (Å²) in [6.45, 7) is 4.40. The molecule has 10 heteroatoms. The number of hydrogen-bond donors (Lipinski definition) is 1.